The molecule has 2 atom stereocenters. The zero-order valence-electron chi connectivity index (χ0n) is 16.0. The Labute approximate surface area is 158 Å². The van der Waals surface area contributed by atoms with Gasteiger partial charge in [0, 0.05) is 18.7 Å². The first-order chi connectivity index (χ1) is 12.6. The van der Waals surface area contributed by atoms with Gasteiger partial charge in [0.25, 0.3) is 5.91 Å². The van der Waals surface area contributed by atoms with Crippen LogP contribution in [0.15, 0.2) is 24.3 Å². The van der Waals surface area contributed by atoms with Crippen LogP contribution in [0.3, 0.4) is 0 Å². The molecule has 2 unspecified atom stereocenters. The van der Waals surface area contributed by atoms with E-state index in [1.54, 1.807) is 6.07 Å². The molecule has 6 nitrogen and oxygen atoms in total. The molecular weight excluding hydrogens is 349 g/mol. The van der Waals surface area contributed by atoms with Crippen LogP contribution in [0.1, 0.15) is 46.5 Å². The van der Waals surface area contributed by atoms with E-state index >= 15 is 0 Å². The molecule has 2 N–H and O–H groups in total. The molecule has 1 aromatic rings. The highest BCUT2D eigenvalue weighted by molar-refractivity contribution is 6.07. The first-order valence-corrected chi connectivity index (χ1v) is 9.30. The number of halogens is 1. The van der Waals surface area contributed by atoms with Gasteiger partial charge in [0.05, 0.1) is 0 Å². The van der Waals surface area contributed by atoms with E-state index in [0.717, 1.165) is 11.3 Å². The van der Waals surface area contributed by atoms with Crippen molar-refractivity contribution in [3.63, 3.8) is 0 Å². The van der Waals surface area contributed by atoms with E-state index in [4.69, 9.17) is 0 Å². The second-order valence-corrected chi connectivity index (χ2v) is 8.63. The second kappa shape index (κ2) is 6.94. The van der Waals surface area contributed by atoms with Gasteiger partial charge in [-0.1, -0.05) is 26.8 Å². The SMILES string of the molecule is CC1CC(C)(C)CC2(C1)NC(=O)N(CCC(=O)Nc1cccc(F)c1)C2=O. The van der Waals surface area contributed by atoms with Gasteiger partial charge < -0.3 is 10.6 Å². The quantitative estimate of drug-likeness (QED) is 0.793. The number of nitrogens with zero attached hydrogens (tertiary/aromatic N) is 1. The van der Waals surface area contributed by atoms with Gasteiger partial charge >= 0.3 is 6.03 Å². The number of carbonyl (C=O) groups is 3. The summed E-state index contributed by atoms with van der Waals surface area (Å²) >= 11 is 0. The third-order valence-electron chi connectivity index (χ3n) is 5.30. The van der Waals surface area contributed by atoms with Crippen molar-refractivity contribution in [3.05, 3.63) is 30.1 Å². The molecule has 1 saturated heterocycles. The number of imide groups is 1. The molecule has 4 amide bonds. The predicted octanol–water partition coefficient (Wildman–Crippen LogP) is 3.29. The van der Waals surface area contributed by atoms with E-state index in [1.165, 1.54) is 18.2 Å². The molecule has 0 aromatic heterocycles. The maximum Gasteiger partial charge on any atom is 0.325 e. The van der Waals surface area contributed by atoms with Crippen LogP contribution in [0, 0.1) is 17.2 Å². The van der Waals surface area contributed by atoms with Crippen LogP contribution in [0.25, 0.3) is 0 Å². The maximum absolute atomic E-state index is 13.2. The Morgan fingerprint density at radius 1 is 1.33 bits per heavy atom. The van der Waals surface area contributed by atoms with Crippen LogP contribution in [0.5, 0.6) is 0 Å². The van der Waals surface area contributed by atoms with Crippen LogP contribution in [0.2, 0.25) is 0 Å². The van der Waals surface area contributed by atoms with Gasteiger partial charge in [-0.3, -0.25) is 14.5 Å². The lowest BCUT2D eigenvalue weighted by Gasteiger charge is -2.43. The fraction of sp³-hybridized carbons (Fsp3) is 0.550. The molecule has 1 heterocycles. The fourth-order valence-electron chi connectivity index (χ4n) is 4.71. The Balaban J connectivity index is 1.63. The molecule has 1 spiro atoms. The molecule has 3 rings (SSSR count). The molecule has 7 heteroatoms. The van der Waals surface area contributed by atoms with E-state index < -0.39 is 17.4 Å². The van der Waals surface area contributed by atoms with Crippen LogP contribution < -0.4 is 10.6 Å². The lowest BCUT2D eigenvalue weighted by molar-refractivity contribution is -0.134. The Morgan fingerprint density at radius 3 is 2.74 bits per heavy atom. The Bertz CT molecular complexity index is 779. The van der Waals surface area contributed by atoms with Crippen molar-refractivity contribution in [3.8, 4) is 0 Å². The number of amides is 4. The summed E-state index contributed by atoms with van der Waals surface area (Å²) in [6.07, 6.45) is 2.19. The third kappa shape index (κ3) is 4.12. The number of urea groups is 1. The van der Waals surface area contributed by atoms with Gasteiger partial charge in [-0.05, 0) is 48.8 Å². The lowest BCUT2D eigenvalue weighted by Crippen LogP contribution is -2.54. The van der Waals surface area contributed by atoms with Crippen molar-refractivity contribution in [2.45, 2.75) is 52.0 Å². The summed E-state index contributed by atoms with van der Waals surface area (Å²) in [5, 5.41) is 5.47. The Morgan fingerprint density at radius 2 is 2.07 bits per heavy atom. The van der Waals surface area contributed by atoms with Crippen LogP contribution in [-0.4, -0.2) is 34.8 Å². The third-order valence-corrected chi connectivity index (χ3v) is 5.30. The van der Waals surface area contributed by atoms with E-state index in [0.29, 0.717) is 24.4 Å². The van der Waals surface area contributed by atoms with Crippen molar-refractivity contribution < 1.29 is 18.8 Å². The molecule has 2 aliphatic rings. The highest BCUT2D eigenvalue weighted by atomic mass is 19.1. The number of benzene rings is 1. The van der Waals surface area contributed by atoms with Gasteiger partial charge in [-0.25, -0.2) is 9.18 Å². The standard InChI is InChI=1S/C20H26FN3O3/c1-13-10-19(2,3)12-20(11-13)17(26)24(18(27)23-20)8-7-16(25)22-15-6-4-5-14(21)9-15/h4-6,9,13H,7-8,10-12H2,1-3H3,(H,22,25)(H,23,27). The minimum atomic E-state index is -0.864. The molecule has 0 bridgehead atoms. The summed E-state index contributed by atoms with van der Waals surface area (Å²) in [5.74, 6) is -0.739. The van der Waals surface area contributed by atoms with Crippen LogP contribution in [0.4, 0.5) is 14.9 Å². The highest BCUT2D eigenvalue weighted by Crippen LogP contribution is 2.46. The summed E-state index contributed by atoms with van der Waals surface area (Å²) in [4.78, 5) is 38.7. The lowest BCUT2D eigenvalue weighted by atomic mass is 9.64. The smallest absolute Gasteiger partial charge is 0.325 e. The largest absolute Gasteiger partial charge is 0.326 e. The zero-order valence-corrected chi connectivity index (χ0v) is 16.0. The number of hydrogen-bond acceptors (Lipinski definition) is 3. The molecule has 1 saturated carbocycles. The molecule has 1 aliphatic carbocycles. The predicted molar refractivity (Wildman–Crippen MR) is 99.4 cm³/mol. The van der Waals surface area contributed by atoms with E-state index in [2.05, 4.69) is 31.4 Å². The van der Waals surface area contributed by atoms with Crippen LogP contribution >= 0.6 is 0 Å². The molecule has 1 aromatic carbocycles. The minimum Gasteiger partial charge on any atom is -0.326 e. The topological polar surface area (TPSA) is 78.5 Å². The van der Waals surface area contributed by atoms with E-state index in [1.807, 2.05) is 0 Å². The van der Waals surface area contributed by atoms with Gasteiger partial charge in [0.15, 0.2) is 0 Å². The Hall–Kier alpha value is -2.44. The summed E-state index contributed by atoms with van der Waals surface area (Å²) in [5.41, 5.74) is -0.556. The maximum atomic E-state index is 13.2. The number of carbonyl (C=O) groups excluding carboxylic acids is 3. The molecule has 27 heavy (non-hydrogen) atoms. The van der Waals surface area contributed by atoms with Gasteiger partial charge in [-0.2, -0.15) is 0 Å². The summed E-state index contributed by atoms with van der Waals surface area (Å²) in [6.45, 7) is 6.32. The first-order valence-electron chi connectivity index (χ1n) is 9.30. The summed E-state index contributed by atoms with van der Waals surface area (Å²) in [7, 11) is 0. The molecule has 146 valence electrons. The van der Waals surface area contributed by atoms with Gasteiger partial charge in [-0.15, -0.1) is 0 Å². The van der Waals surface area contributed by atoms with Crippen molar-refractivity contribution >= 4 is 23.5 Å². The average Bonchev–Trinajstić information content (AvgIpc) is 2.73. The fourth-order valence-corrected chi connectivity index (χ4v) is 4.71. The van der Waals surface area contributed by atoms with Crippen molar-refractivity contribution in [2.24, 2.45) is 11.3 Å². The van der Waals surface area contributed by atoms with E-state index in [-0.39, 0.29) is 30.2 Å². The molecular formula is C20H26FN3O3. The normalized spacial score (nSPS) is 27.0. The molecule has 2 fully saturated rings. The number of rotatable bonds is 4. The van der Waals surface area contributed by atoms with Gasteiger partial charge in [0.2, 0.25) is 5.91 Å². The monoisotopic (exact) mass is 375 g/mol. The van der Waals surface area contributed by atoms with Crippen molar-refractivity contribution in [2.75, 3.05) is 11.9 Å². The zero-order chi connectivity index (χ0) is 19.8. The number of nitrogens with one attached hydrogen (secondary N) is 2. The molecule has 1 aliphatic heterocycles. The van der Waals surface area contributed by atoms with Crippen LogP contribution in [-0.2, 0) is 9.59 Å². The molecule has 0 radical (unpaired) electrons. The van der Waals surface area contributed by atoms with Gasteiger partial charge in [0.1, 0.15) is 11.4 Å². The average molecular weight is 375 g/mol. The van der Waals surface area contributed by atoms with E-state index in [9.17, 15) is 18.8 Å². The minimum absolute atomic E-state index is 0.00236. The second-order valence-electron chi connectivity index (χ2n) is 8.63. The number of hydrogen-bond donors (Lipinski definition) is 2. The first kappa shape index (κ1) is 19.3. The highest BCUT2D eigenvalue weighted by Gasteiger charge is 2.55. The summed E-state index contributed by atoms with van der Waals surface area (Å²) in [6, 6.07) is 5.14. The Kier molecular flexibility index (Phi) is 4.97. The number of anilines is 1. The summed E-state index contributed by atoms with van der Waals surface area (Å²) < 4.78 is 13.2. The van der Waals surface area contributed by atoms with Crippen molar-refractivity contribution in [1.29, 1.82) is 0 Å². The van der Waals surface area contributed by atoms with Crippen molar-refractivity contribution in [1.82, 2.24) is 10.2 Å².